The van der Waals surface area contributed by atoms with E-state index in [1.807, 2.05) is 11.8 Å². The first-order chi connectivity index (χ1) is 11.1. The second-order valence-electron chi connectivity index (χ2n) is 6.17. The maximum Gasteiger partial charge on any atom is 0.251 e. The molecule has 0 saturated carbocycles. The zero-order valence-corrected chi connectivity index (χ0v) is 14.2. The third-order valence-electron chi connectivity index (χ3n) is 4.71. The standard InChI is InChI=1S/C16H23N3O3S/c1-18-4-2-13(10-14(18)20)15(21)17-11-16(3-9-23-12-16)19-5-7-22-8-6-19/h2,4,10H,3,5-9,11-12H2,1H3,(H,17,21)/t16-/m1/s1. The van der Waals surface area contributed by atoms with Crippen LogP contribution in [0.25, 0.3) is 0 Å². The van der Waals surface area contributed by atoms with Gasteiger partial charge in [-0.25, -0.2) is 0 Å². The highest BCUT2D eigenvalue weighted by Gasteiger charge is 2.40. The summed E-state index contributed by atoms with van der Waals surface area (Å²) in [5.74, 6) is 1.98. The molecule has 3 rings (SSSR count). The van der Waals surface area contributed by atoms with Crippen LogP contribution in [0.15, 0.2) is 23.1 Å². The quantitative estimate of drug-likeness (QED) is 0.857. The number of morpholine rings is 1. The Morgan fingerprint density at radius 2 is 2.22 bits per heavy atom. The number of thioether (sulfide) groups is 1. The van der Waals surface area contributed by atoms with Crippen molar-refractivity contribution in [2.24, 2.45) is 7.05 Å². The molecule has 1 atom stereocenters. The molecule has 0 unspecified atom stereocenters. The van der Waals surface area contributed by atoms with Gasteiger partial charge >= 0.3 is 0 Å². The van der Waals surface area contributed by atoms with Crippen molar-refractivity contribution < 1.29 is 9.53 Å². The van der Waals surface area contributed by atoms with E-state index in [1.165, 1.54) is 10.6 Å². The number of hydrogen-bond acceptors (Lipinski definition) is 5. The molecule has 0 bridgehead atoms. The van der Waals surface area contributed by atoms with Crippen LogP contribution in [-0.2, 0) is 11.8 Å². The number of carbonyl (C=O) groups excluding carboxylic acids is 1. The monoisotopic (exact) mass is 337 g/mol. The van der Waals surface area contributed by atoms with Crippen LogP contribution in [0.2, 0.25) is 0 Å². The van der Waals surface area contributed by atoms with Crippen molar-refractivity contribution in [2.75, 3.05) is 44.4 Å². The van der Waals surface area contributed by atoms with E-state index in [2.05, 4.69) is 10.2 Å². The third kappa shape index (κ3) is 3.62. The molecule has 2 aliphatic heterocycles. The van der Waals surface area contributed by atoms with E-state index in [-0.39, 0.29) is 17.0 Å². The summed E-state index contributed by atoms with van der Waals surface area (Å²) in [4.78, 5) is 26.5. The lowest BCUT2D eigenvalue weighted by molar-refractivity contribution is -0.0129. The van der Waals surface area contributed by atoms with Gasteiger partial charge in [-0.1, -0.05) is 0 Å². The van der Waals surface area contributed by atoms with E-state index in [0.29, 0.717) is 12.1 Å². The summed E-state index contributed by atoms with van der Waals surface area (Å²) in [5.41, 5.74) is 0.275. The van der Waals surface area contributed by atoms with Crippen LogP contribution >= 0.6 is 11.8 Å². The second-order valence-corrected chi connectivity index (χ2v) is 7.28. The molecule has 1 N–H and O–H groups in total. The average molecular weight is 337 g/mol. The number of aryl methyl sites for hydroxylation is 1. The van der Waals surface area contributed by atoms with Crippen LogP contribution in [0.1, 0.15) is 16.8 Å². The Morgan fingerprint density at radius 1 is 1.43 bits per heavy atom. The van der Waals surface area contributed by atoms with Gasteiger partial charge in [0.05, 0.1) is 13.2 Å². The molecular weight excluding hydrogens is 314 g/mol. The molecule has 6 nitrogen and oxygen atoms in total. The van der Waals surface area contributed by atoms with Gasteiger partial charge in [-0.3, -0.25) is 14.5 Å². The lowest BCUT2D eigenvalue weighted by atomic mass is 9.95. The molecule has 0 aliphatic carbocycles. The molecule has 0 radical (unpaired) electrons. The lowest BCUT2D eigenvalue weighted by Crippen LogP contribution is -2.59. The van der Waals surface area contributed by atoms with Crippen LogP contribution in [0.5, 0.6) is 0 Å². The molecule has 2 aliphatic rings. The summed E-state index contributed by atoms with van der Waals surface area (Å²) >= 11 is 1.94. The molecular formula is C16H23N3O3S. The predicted octanol–water partition coefficient (Wildman–Crippen LogP) is 0.323. The van der Waals surface area contributed by atoms with Gasteiger partial charge < -0.3 is 14.6 Å². The minimum absolute atomic E-state index is 0.0177. The van der Waals surface area contributed by atoms with Gasteiger partial charge in [0.15, 0.2) is 0 Å². The van der Waals surface area contributed by atoms with Crippen LogP contribution in [0, 0.1) is 0 Å². The Morgan fingerprint density at radius 3 is 2.87 bits per heavy atom. The molecule has 7 heteroatoms. The number of ether oxygens (including phenoxy) is 1. The molecule has 126 valence electrons. The van der Waals surface area contributed by atoms with Gasteiger partial charge in [0.25, 0.3) is 11.5 Å². The summed E-state index contributed by atoms with van der Waals surface area (Å²) in [7, 11) is 1.67. The van der Waals surface area contributed by atoms with Gasteiger partial charge in [0, 0.05) is 55.8 Å². The maximum atomic E-state index is 12.4. The minimum atomic E-state index is -0.174. The van der Waals surface area contributed by atoms with E-state index in [0.717, 1.165) is 44.2 Å². The van der Waals surface area contributed by atoms with E-state index in [4.69, 9.17) is 4.74 Å². The largest absolute Gasteiger partial charge is 0.379 e. The zero-order valence-electron chi connectivity index (χ0n) is 13.4. The summed E-state index contributed by atoms with van der Waals surface area (Å²) in [5, 5.41) is 3.04. The number of amides is 1. The summed E-state index contributed by atoms with van der Waals surface area (Å²) < 4.78 is 6.91. The van der Waals surface area contributed by atoms with Crippen molar-refractivity contribution in [1.82, 2.24) is 14.8 Å². The number of pyridine rings is 1. The zero-order chi connectivity index (χ0) is 16.3. The fraction of sp³-hybridized carbons (Fsp3) is 0.625. The number of nitrogens with one attached hydrogen (secondary N) is 1. The lowest BCUT2D eigenvalue weighted by Gasteiger charge is -2.43. The molecule has 0 aromatic carbocycles. The first-order valence-corrected chi connectivity index (χ1v) is 9.12. The van der Waals surface area contributed by atoms with Crippen LogP contribution < -0.4 is 10.9 Å². The van der Waals surface area contributed by atoms with Gasteiger partial charge in [0.1, 0.15) is 0 Å². The number of carbonyl (C=O) groups is 1. The summed E-state index contributed by atoms with van der Waals surface area (Å²) in [6.07, 6.45) is 2.70. The Kier molecular flexibility index (Phi) is 5.08. The average Bonchev–Trinajstić information content (AvgIpc) is 3.06. The highest BCUT2D eigenvalue weighted by Crippen LogP contribution is 2.33. The maximum absolute atomic E-state index is 12.4. The first-order valence-electron chi connectivity index (χ1n) is 7.96. The van der Waals surface area contributed by atoms with Crippen molar-refractivity contribution >= 4 is 17.7 Å². The summed E-state index contributed by atoms with van der Waals surface area (Å²) in [6, 6.07) is 3.07. The molecule has 1 aromatic heterocycles. The van der Waals surface area contributed by atoms with E-state index >= 15 is 0 Å². The van der Waals surface area contributed by atoms with Crippen molar-refractivity contribution in [3.8, 4) is 0 Å². The fourth-order valence-electron chi connectivity index (χ4n) is 3.17. The molecule has 2 saturated heterocycles. The van der Waals surface area contributed by atoms with Crippen LogP contribution in [0.3, 0.4) is 0 Å². The van der Waals surface area contributed by atoms with Gasteiger partial charge in [0.2, 0.25) is 0 Å². The molecule has 1 aromatic rings. The van der Waals surface area contributed by atoms with Crippen molar-refractivity contribution in [3.63, 3.8) is 0 Å². The minimum Gasteiger partial charge on any atom is -0.379 e. The first kappa shape index (κ1) is 16.5. The Hall–Kier alpha value is -1.31. The van der Waals surface area contributed by atoms with Crippen LogP contribution in [-0.4, -0.2) is 65.3 Å². The van der Waals surface area contributed by atoms with Gasteiger partial charge in [-0.15, -0.1) is 0 Å². The fourth-order valence-corrected chi connectivity index (χ4v) is 4.65. The smallest absolute Gasteiger partial charge is 0.251 e. The SMILES string of the molecule is Cn1ccc(C(=O)NC[C@]2(N3CCOCC3)CCSC2)cc1=O. The van der Waals surface area contributed by atoms with Gasteiger partial charge in [-0.2, -0.15) is 11.8 Å². The molecule has 2 fully saturated rings. The van der Waals surface area contributed by atoms with Crippen molar-refractivity contribution in [3.05, 3.63) is 34.2 Å². The Labute approximate surface area is 140 Å². The number of aromatic nitrogens is 1. The van der Waals surface area contributed by atoms with Gasteiger partial charge in [-0.05, 0) is 18.2 Å². The van der Waals surface area contributed by atoms with E-state index in [1.54, 1.807) is 19.3 Å². The van der Waals surface area contributed by atoms with E-state index < -0.39 is 0 Å². The second kappa shape index (κ2) is 7.07. The topological polar surface area (TPSA) is 63.6 Å². The third-order valence-corrected chi connectivity index (χ3v) is 5.94. The summed E-state index contributed by atoms with van der Waals surface area (Å²) in [6.45, 7) is 3.98. The highest BCUT2D eigenvalue weighted by atomic mass is 32.2. The highest BCUT2D eigenvalue weighted by molar-refractivity contribution is 7.99. The van der Waals surface area contributed by atoms with Crippen molar-refractivity contribution in [1.29, 1.82) is 0 Å². The number of rotatable bonds is 4. The van der Waals surface area contributed by atoms with E-state index in [9.17, 15) is 9.59 Å². The number of nitrogens with zero attached hydrogens (tertiary/aromatic N) is 2. The Bertz CT molecular complexity index is 619. The Balaban J connectivity index is 1.67. The molecule has 3 heterocycles. The number of hydrogen-bond donors (Lipinski definition) is 1. The molecule has 23 heavy (non-hydrogen) atoms. The molecule has 0 spiro atoms. The normalized spacial score (nSPS) is 25.4. The molecule has 1 amide bonds. The van der Waals surface area contributed by atoms with Crippen molar-refractivity contribution in [2.45, 2.75) is 12.0 Å². The van der Waals surface area contributed by atoms with Crippen LogP contribution in [0.4, 0.5) is 0 Å². The predicted molar refractivity (Wildman–Crippen MR) is 91.1 cm³/mol.